The molecule has 0 amide bonds. The molecule has 0 atom stereocenters. The quantitative estimate of drug-likeness (QED) is 0.893. The van der Waals surface area contributed by atoms with E-state index in [1.807, 2.05) is 6.07 Å². The molecule has 2 rings (SSSR count). The molecule has 1 N–H and O–H groups in total. The van der Waals surface area contributed by atoms with E-state index < -0.39 is 10.0 Å². The number of hydrogen-bond donors (Lipinski definition) is 1. The molecule has 2 aromatic carbocycles. The number of nitrogens with one attached hydrogen (secondary N) is 1. The molecule has 120 valence electrons. The summed E-state index contributed by atoms with van der Waals surface area (Å²) < 4.78 is 37.5. The summed E-state index contributed by atoms with van der Waals surface area (Å²) in [6, 6.07) is 10.4. The Balaban J connectivity index is 2.42. The largest absolute Gasteiger partial charge is 0.495 e. The number of rotatable bonds is 5. The summed E-state index contributed by atoms with van der Waals surface area (Å²) in [6.07, 6.45) is 0. The van der Waals surface area contributed by atoms with Crippen LogP contribution in [0, 0.1) is 11.3 Å². The Bertz CT molecular complexity index is 858. The standard InChI is InChI=1S/C15H13ClN2O4S/c1-21-14-8-13(15(22-2)7-12(14)16)18-23(19,20)11-5-3-10(9-17)4-6-11/h3-8,18H,1-2H3. The van der Waals surface area contributed by atoms with E-state index in [0.29, 0.717) is 16.3 Å². The van der Waals surface area contributed by atoms with Gasteiger partial charge in [-0.25, -0.2) is 8.42 Å². The molecule has 2 aromatic rings. The third-order valence-corrected chi connectivity index (χ3v) is 4.69. The number of ether oxygens (including phenoxy) is 2. The fraction of sp³-hybridized carbons (Fsp3) is 0.133. The zero-order valence-corrected chi connectivity index (χ0v) is 13.9. The minimum Gasteiger partial charge on any atom is -0.495 e. The SMILES string of the molecule is COc1cc(NS(=O)(=O)c2ccc(C#N)cc2)c(OC)cc1Cl. The molecule has 8 heteroatoms. The average molecular weight is 353 g/mol. The van der Waals surface area contributed by atoms with Crippen LogP contribution in [0.2, 0.25) is 5.02 Å². The fourth-order valence-corrected chi connectivity index (χ4v) is 3.14. The van der Waals surface area contributed by atoms with Gasteiger partial charge in [-0.05, 0) is 24.3 Å². The number of nitrogens with zero attached hydrogens (tertiary/aromatic N) is 1. The van der Waals surface area contributed by atoms with Crippen LogP contribution in [-0.2, 0) is 10.0 Å². The molecule has 0 spiro atoms. The summed E-state index contributed by atoms with van der Waals surface area (Å²) in [5.74, 6) is 0.568. The topological polar surface area (TPSA) is 88.4 Å². The first-order chi connectivity index (χ1) is 10.9. The summed E-state index contributed by atoms with van der Waals surface area (Å²) >= 11 is 5.99. The number of methoxy groups -OCH3 is 2. The monoisotopic (exact) mass is 352 g/mol. The number of sulfonamides is 1. The Morgan fingerprint density at radius 1 is 1.09 bits per heavy atom. The van der Waals surface area contributed by atoms with Gasteiger partial charge in [0.05, 0.1) is 41.5 Å². The third kappa shape index (κ3) is 3.67. The van der Waals surface area contributed by atoms with Crippen molar-refractivity contribution in [3.8, 4) is 17.6 Å². The van der Waals surface area contributed by atoms with Gasteiger partial charge < -0.3 is 9.47 Å². The normalized spacial score (nSPS) is 10.7. The zero-order chi connectivity index (χ0) is 17.0. The first-order valence-electron chi connectivity index (χ1n) is 6.35. The summed E-state index contributed by atoms with van der Waals surface area (Å²) in [7, 11) is -1.02. The maximum atomic E-state index is 12.4. The predicted molar refractivity (Wildman–Crippen MR) is 86.5 cm³/mol. The molecule has 0 aliphatic carbocycles. The minimum atomic E-state index is -3.85. The maximum Gasteiger partial charge on any atom is 0.262 e. The highest BCUT2D eigenvalue weighted by molar-refractivity contribution is 7.92. The molecular weight excluding hydrogens is 340 g/mol. The van der Waals surface area contributed by atoms with E-state index in [1.54, 1.807) is 0 Å². The minimum absolute atomic E-state index is 0.0208. The summed E-state index contributed by atoms with van der Waals surface area (Å²) in [4.78, 5) is 0.0208. The molecule has 0 radical (unpaired) electrons. The second-order valence-corrected chi connectivity index (χ2v) is 6.52. The highest BCUT2D eigenvalue weighted by Gasteiger charge is 2.18. The van der Waals surface area contributed by atoms with Gasteiger partial charge in [0.15, 0.2) is 0 Å². The maximum absolute atomic E-state index is 12.4. The number of halogens is 1. The second kappa shape index (κ2) is 6.77. The molecule has 0 fully saturated rings. The van der Waals surface area contributed by atoms with Crippen LogP contribution >= 0.6 is 11.6 Å². The first kappa shape index (κ1) is 16.9. The van der Waals surface area contributed by atoms with Crippen LogP contribution < -0.4 is 14.2 Å². The van der Waals surface area contributed by atoms with Crippen molar-refractivity contribution >= 4 is 27.3 Å². The van der Waals surface area contributed by atoms with Crippen LogP contribution in [0.15, 0.2) is 41.3 Å². The molecule has 0 bridgehead atoms. The van der Waals surface area contributed by atoms with Gasteiger partial charge in [0.1, 0.15) is 11.5 Å². The van der Waals surface area contributed by atoms with Crippen molar-refractivity contribution in [2.75, 3.05) is 18.9 Å². The summed E-state index contributed by atoms with van der Waals surface area (Å²) in [5, 5.41) is 9.06. The molecule has 0 saturated heterocycles. The lowest BCUT2D eigenvalue weighted by molar-refractivity contribution is 0.405. The van der Waals surface area contributed by atoms with Crippen molar-refractivity contribution in [2.24, 2.45) is 0 Å². The molecule has 0 unspecified atom stereocenters. The number of hydrogen-bond acceptors (Lipinski definition) is 5. The van der Waals surface area contributed by atoms with E-state index >= 15 is 0 Å². The lowest BCUT2D eigenvalue weighted by atomic mass is 10.2. The molecule has 0 heterocycles. The van der Waals surface area contributed by atoms with Gasteiger partial charge in [-0.3, -0.25) is 4.72 Å². The van der Waals surface area contributed by atoms with Crippen LogP contribution in [0.4, 0.5) is 5.69 Å². The zero-order valence-electron chi connectivity index (χ0n) is 12.3. The second-order valence-electron chi connectivity index (χ2n) is 4.43. The number of anilines is 1. The van der Waals surface area contributed by atoms with E-state index in [9.17, 15) is 8.42 Å². The predicted octanol–water partition coefficient (Wildman–Crippen LogP) is 3.03. The number of benzene rings is 2. The Morgan fingerprint density at radius 3 is 2.22 bits per heavy atom. The Kier molecular flexibility index (Phi) is 4.98. The van der Waals surface area contributed by atoms with E-state index in [1.165, 1.54) is 50.6 Å². The van der Waals surface area contributed by atoms with E-state index in [0.717, 1.165) is 0 Å². The van der Waals surface area contributed by atoms with E-state index in [2.05, 4.69) is 4.72 Å². The molecule has 0 saturated carbocycles. The molecular formula is C15H13ClN2O4S. The molecule has 0 aliphatic rings. The van der Waals surface area contributed by atoms with Crippen LogP contribution in [-0.4, -0.2) is 22.6 Å². The molecule has 6 nitrogen and oxygen atoms in total. The van der Waals surface area contributed by atoms with Crippen molar-refractivity contribution in [3.63, 3.8) is 0 Å². The van der Waals surface area contributed by atoms with Gasteiger partial charge in [0.25, 0.3) is 10.0 Å². The fourth-order valence-electron chi connectivity index (χ4n) is 1.85. The third-order valence-electron chi connectivity index (χ3n) is 3.01. The molecule has 23 heavy (non-hydrogen) atoms. The van der Waals surface area contributed by atoms with Crippen LogP contribution in [0.5, 0.6) is 11.5 Å². The van der Waals surface area contributed by atoms with Crippen molar-refractivity contribution < 1.29 is 17.9 Å². The van der Waals surface area contributed by atoms with Gasteiger partial charge in [-0.15, -0.1) is 0 Å². The van der Waals surface area contributed by atoms with Crippen molar-refractivity contribution in [2.45, 2.75) is 4.90 Å². The number of nitriles is 1. The Morgan fingerprint density at radius 2 is 1.70 bits per heavy atom. The van der Waals surface area contributed by atoms with Crippen molar-refractivity contribution in [1.82, 2.24) is 0 Å². The van der Waals surface area contributed by atoms with Crippen LogP contribution in [0.1, 0.15) is 5.56 Å². The van der Waals surface area contributed by atoms with E-state index in [-0.39, 0.29) is 16.3 Å². The lowest BCUT2D eigenvalue weighted by Gasteiger charge is -2.14. The molecule has 0 aliphatic heterocycles. The molecule has 0 aromatic heterocycles. The van der Waals surface area contributed by atoms with Gasteiger partial charge >= 0.3 is 0 Å². The average Bonchev–Trinajstić information content (AvgIpc) is 2.55. The smallest absolute Gasteiger partial charge is 0.262 e. The van der Waals surface area contributed by atoms with Gasteiger partial charge in [-0.2, -0.15) is 5.26 Å². The van der Waals surface area contributed by atoms with Crippen molar-refractivity contribution in [3.05, 3.63) is 47.0 Å². The summed E-state index contributed by atoms with van der Waals surface area (Å²) in [5.41, 5.74) is 0.563. The van der Waals surface area contributed by atoms with E-state index in [4.69, 9.17) is 26.3 Å². The first-order valence-corrected chi connectivity index (χ1v) is 8.22. The van der Waals surface area contributed by atoms with Crippen LogP contribution in [0.3, 0.4) is 0 Å². The lowest BCUT2D eigenvalue weighted by Crippen LogP contribution is -2.13. The Labute approximate surface area is 139 Å². The van der Waals surface area contributed by atoms with Gasteiger partial charge in [-0.1, -0.05) is 11.6 Å². The highest BCUT2D eigenvalue weighted by Crippen LogP contribution is 2.36. The highest BCUT2D eigenvalue weighted by atomic mass is 35.5. The van der Waals surface area contributed by atoms with Gasteiger partial charge in [0, 0.05) is 12.1 Å². The summed E-state index contributed by atoms with van der Waals surface area (Å²) in [6.45, 7) is 0. The van der Waals surface area contributed by atoms with Crippen molar-refractivity contribution in [1.29, 1.82) is 5.26 Å². The van der Waals surface area contributed by atoms with Gasteiger partial charge in [0.2, 0.25) is 0 Å². The van der Waals surface area contributed by atoms with Crippen LogP contribution in [0.25, 0.3) is 0 Å². The Hall–Kier alpha value is -2.43.